The molecule has 1 aliphatic carbocycles. The maximum absolute atomic E-state index is 12.5. The molecule has 0 saturated heterocycles. The Hall–Kier alpha value is -1.84. The molecule has 2 aliphatic rings. The van der Waals surface area contributed by atoms with E-state index >= 15 is 0 Å². The predicted molar refractivity (Wildman–Crippen MR) is 68.4 cm³/mol. The lowest BCUT2D eigenvalue weighted by Crippen LogP contribution is -2.25. The van der Waals surface area contributed by atoms with Gasteiger partial charge in [0.1, 0.15) is 5.75 Å². The average molecular weight is 260 g/mol. The molecular weight excluding hydrogens is 244 g/mol. The molecule has 1 heterocycles. The summed E-state index contributed by atoms with van der Waals surface area (Å²) in [6.07, 6.45) is 2.94. The zero-order valence-electron chi connectivity index (χ0n) is 10.6. The first-order valence-corrected chi connectivity index (χ1v) is 6.69. The quantitative estimate of drug-likeness (QED) is 0.847. The molecule has 0 amide bonds. The Morgan fingerprint density at radius 3 is 2.79 bits per heavy atom. The van der Waals surface area contributed by atoms with Crippen molar-refractivity contribution in [1.82, 2.24) is 0 Å². The third-order valence-corrected chi connectivity index (χ3v) is 4.14. The summed E-state index contributed by atoms with van der Waals surface area (Å²) in [4.78, 5) is 23.6. The van der Waals surface area contributed by atoms with E-state index in [1.165, 1.54) is 0 Å². The molecule has 3 rings (SSSR count). The highest BCUT2D eigenvalue weighted by Crippen LogP contribution is 2.35. The minimum absolute atomic E-state index is 0.0281. The first kappa shape index (κ1) is 12.2. The fourth-order valence-electron chi connectivity index (χ4n) is 3.12. The number of carbonyl (C=O) groups excluding carboxylic acids is 1. The van der Waals surface area contributed by atoms with E-state index in [-0.39, 0.29) is 11.7 Å². The van der Waals surface area contributed by atoms with Crippen molar-refractivity contribution in [2.45, 2.75) is 25.7 Å². The molecule has 1 aromatic carbocycles. The van der Waals surface area contributed by atoms with Crippen molar-refractivity contribution in [1.29, 1.82) is 0 Å². The van der Waals surface area contributed by atoms with Crippen LogP contribution >= 0.6 is 0 Å². The number of fused-ring (bicyclic) bond motifs is 1. The summed E-state index contributed by atoms with van der Waals surface area (Å²) in [6, 6.07) is 5.44. The fraction of sp³-hybridized carbons (Fsp3) is 0.467. The molecule has 0 spiro atoms. The van der Waals surface area contributed by atoms with E-state index in [1.807, 2.05) is 12.1 Å². The van der Waals surface area contributed by atoms with Gasteiger partial charge >= 0.3 is 5.97 Å². The second-order valence-electron chi connectivity index (χ2n) is 5.27. The minimum Gasteiger partial charge on any atom is -0.493 e. The number of aliphatic carboxylic acids is 1. The van der Waals surface area contributed by atoms with Crippen LogP contribution in [0.15, 0.2) is 18.2 Å². The Bertz CT molecular complexity index is 535. The van der Waals surface area contributed by atoms with Crippen LogP contribution in [0.4, 0.5) is 0 Å². The topological polar surface area (TPSA) is 63.6 Å². The van der Waals surface area contributed by atoms with Gasteiger partial charge in [0.25, 0.3) is 0 Å². The smallest absolute Gasteiger partial charge is 0.307 e. The number of carboxylic acids is 1. The number of carbonyl (C=O) groups is 2. The van der Waals surface area contributed by atoms with Gasteiger partial charge in [0.2, 0.25) is 0 Å². The van der Waals surface area contributed by atoms with E-state index in [2.05, 4.69) is 0 Å². The normalized spacial score (nSPS) is 24.8. The lowest BCUT2D eigenvalue weighted by Gasteiger charge is -2.14. The summed E-state index contributed by atoms with van der Waals surface area (Å²) >= 11 is 0. The van der Waals surface area contributed by atoms with Crippen LogP contribution in [-0.2, 0) is 11.2 Å². The van der Waals surface area contributed by atoms with Crippen molar-refractivity contribution in [2.24, 2.45) is 11.8 Å². The zero-order chi connectivity index (χ0) is 13.4. The van der Waals surface area contributed by atoms with Gasteiger partial charge in [0.05, 0.1) is 12.5 Å². The van der Waals surface area contributed by atoms with Crippen molar-refractivity contribution in [3.8, 4) is 5.75 Å². The number of carboxylic acid groups (broad SMARTS) is 1. The summed E-state index contributed by atoms with van der Waals surface area (Å²) in [5, 5.41) is 9.16. The average Bonchev–Trinajstić information content (AvgIpc) is 3.05. The van der Waals surface area contributed by atoms with Gasteiger partial charge in [-0.05, 0) is 36.6 Å². The highest BCUT2D eigenvalue weighted by Gasteiger charge is 2.38. The second-order valence-corrected chi connectivity index (χ2v) is 5.27. The van der Waals surface area contributed by atoms with Crippen molar-refractivity contribution < 1.29 is 19.4 Å². The monoisotopic (exact) mass is 260 g/mol. The Morgan fingerprint density at radius 1 is 1.21 bits per heavy atom. The summed E-state index contributed by atoms with van der Waals surface area (Å²) in [7, 11) is 0. The second kappa shape index (κ2) is 4.68. The lowest BCUT2D eigenvalue weighted by molar-refractivity contribution is -0.142. The molecule has 1 aromatic rings. The van der Waals surface area contributed by atoms with Crippen molar-refractivity contribution in [2.75, 3.05) is 6.61 Å². The molecule has 100 valence electrons. The third kappa shape index (κ3) is 2.11. The van der Waals surface area contributed by atoms with Gasteiger partial charge < -0.3 is 9.84 Å². The van der Waals surface area contributed by atoms with E-state index in [9.17, 15) is 9.59 Å². The van der Waals surface area contributed by atoms with Crippen molar-refractivity contribution in [3.05, 3.63) is 29.3 Å². The highest BCUT2D eigenvalue weighted by molar-refractivity contribution is 6.00. The molecule has 0 aromatic heterocycles. The number of ketones is 1. The Morgan fingerprint density at radius 2 is 2.00 bits per heavy atom. The number of rotatable bonds is 3. The van der Waals surface area contributed by atoms with Crippen molar-refractivity contribution >= 4 is 11.8 Å². The summed E-state index contributed by atoms with van der Waals surface area (Å²) < 4.78 is 5.41. The van der Waals surface area contributed by atoms with Crippen LogP contribution in [0.5, 0.6) is 5.75 Å². The first-order valence-electron chi connectivity index (χ1n) is 6.69. The SMILES string of the molecule is O=C(O)C1CCCC1C(=O)c1ccc2c(c1)CCO2. The Kier molecular flexibility index (Phi) is 3.01. The first-order chi connectivity index (χ1) is 9.16. The Labute approximate surface area is 111 Å². The summed E-state index contributed by atoms with van der Waals surface area (Å²) in [6.45, 7) is 0.661. The maximum Gasteiger partial charge on any atom is 0.307 e. The van der Waals surface area contributed by atoms with Gasteiger partial charge in [-0.2, -0.15) is 0 Å². The minimum atomic E-state index is -0.847. The molecule has 1 N–H and O–H groups in total. The van der Waals surface area contributed by atoms with E-state index in [0.29, 0.717) is 25.0 Å². The molecule has 2 atom stereocenters. The molecule has 1 fully saturated rings. The fourth-order valence-corrected chi connectivity index (χ4v) is 3.12. The summed E-state index contributed by atoms with van der Waals surface area (Å²) in [5.74, 6) is -0.910. The number of hydrogen-bond acceptors (Lipinski definition) is 3. The van der Waals surface area contributed by atoms with Gasteiger partial charge in [0.15, 0.2) is 5.78 Å². The van der Waals surface area contributed by atoms with Crippen LogP contribution in [0, 0.1) is 11.8 Å². The molecule has 4 nitrogen and oxygen atoms in total. The molecule has 0 bridgehead atoms. The number of Topliss-reactive ketones (excluding diaryl/α,β-unsaturated/α-hetero) is 1. The zero-order valence-corrected chi connectivity index (χ0v) is 10.6. The van der Waals surface area contributed by atoms with Crippen LogP contribution in [0.2, 0.25) is 0 Å². The van der Waals surface area contributed by atoms with Gasteiger partial charge in [0, 0.05) is 17.9 Å². The predicted octanol–water partition coefficient (Wildman–Crippen LogP) is 2.31. The van der Waals surface area contributed by atoms with Crippen LogP contribution in [0.25, 0.3) is 0 Å². The standard InChI is InChI=1S/C15H16O4/c16-14(11-2-1-3-12(11)15(17)18)10-4-5-13-9(8-10)6-7-19-13/h4-5,8,11-12H,1-3,6-7H2,(H,17,18). The van der Waals surface area contributed by atoms with E-state index in [1.54, 1.807) is 6.07 Å². The van der Waals surface area contributed by atoms with Gasteiger partial charge in [-0.15, -0.1) is 0 Å². The van der Waals surface area contributed by atoms with Crippen LogP contribution in [0.1, 0.15) is 35.2 Å². The van der Waals surface area contributed by atoms with Crippen LogP contribution in [0.3, 0.4) is 0 Å². The molecule has 1 saturated carbocycles. The van der Waals surface area contributed by atoms with E-state index in [0.717, 1.165) is 24.2 Å². The van der Waals surface area contributed by atoms with Gasteiger partial charge in [-0.25, -0.2) is 0 Å². The molecule has 19 heavy (non-hydrogen) atoms. The number of hydrogen-bond donors (Lipinski definition) is 1. The van der Waals surface area contributed by atoms with Gasteiger partial charge in [-0.1, -0.05) is 6.42 Å². The molecule has 0 radical (unpaired) electrons. The van der Waals surface area contributed by atoms with Crippen LogP contribution in [-0.4, -0.2) is 23.5 Å². The van der Waals surface area contributed by atoms with Gasteiger partial charge in [-0.3, -0.25) is 9.59 Å². The highest BCUT2D eigenvalue weighted by atomic mass is 16.5. The molecule has 4 heteroatoms. The van der Waals surface area contributed by atoms with Crippen LogP contribution < -0.4 is 4.74 Å². The van der Waals surface area contributed by atoms with Crippen molar-refractivity contribution in [3.63, 3.8) is 0 Å². The Balaban J connectivity index is 1.85. The van der Waals surface area contributed by atoms with E-state index in [4.69, 9.17) is 9.84 Å². The molecule has 2 unspecified atom stereocenters. The van der Waals surface area contributed by atoms with E-state index < -0.39 is 11.9 Å². The largest absolute Gasteiger partial charge is 0.493 e. The number of benzene rings is 1. The third-order valence-electron chi connectivity index (χ3n) is 4.14. The summed E-state index contributed by atoms with van der Waals surface area (Å²) in [5.41, 5.74) is 1.68. The maximum atomic E-state index is 12.5. The molecular formula is C15H16O4. The lowest BCUT2D eigenvalue weighted by atomic mass is 9.88. The number of ether oxygens (including phenoxy) is 1. The molecule has 1 aliphatic heterocycles.